The summed E-state index contributed by atoms with van der Waals surface area (Å²) in [4.78, 5) is 0. The van der Waals surface area contributed by atoms with Gasteiger partial charge < -0.3 is 0 Å². The first-order valence-electron chi connectivity index (χ1n) is 7.40. The molecule has 0 atom stereocenters. The maximum absolute atomic E-state index is 13.2. The first-order chi connectivity index (χ1) is 11.4. The van der Waals surface area contributed by atoms with Crippen molar-refractivity contribution >= 4 is 67.8 Å². The lowest BCUT2D eigenvalue weighted by Gasteiger charge is -2.15. The Labute approximate surface area is 182 Å². The summed E-state index contributed by atoms with van der Waals surface area (Å²) in [5.74, 6) is -0.204. The average molecular weight is 654 g/mol. The minimum atomic E-state index is -0.204. The Kier molecular flexibility index (Phi) is 5.86. The predicted octanol–water partition coefficient (Wildman–Crippen LogP) is 7.59. The van der Waals surface area contributed by atoms with Crippen LogP contribution in [0.4, 0.5) is 4.39 Å². The van der Waals surface area contributed by atoms with Crippen molar-refractivity contribution in [1.82, 2.24) is 0 Å². The predicted molar refractivity (Wildman–Crippen MR) is 125 cm³/mol. The zero-order valence-electron chi connectivity index (χ0n) is 13.1. The molecule has 24 heavy (non-hydrogen) atoms. The number of aryl methyl sites for hydroxylation is 1. The standard InChI is InChI=1S/C20H14FI3/c1-11-3-8-16(18(22)12(11)2)17-10-9-15(19(23)20(17)24)13-4-6-14(21)7-5-13/h3-10H,1-2H3. The molecule has 0 unspecified atom stereocenters. The van der Waals surface area contributed by atoms with Crippen LogP contribution in [0.5, 0.6) is 0 Å². The largest absolute Gasteiger partial charge is 0.207 e. The van der Waals surface area contributed by atoms with E-state index in [-0.39, 0.29) is 5.82 Å². The van der Waals surface area contributed by atoms with Crippen molar-refractivity contribution in [2.24, 2.45) is 0 Å². The van der Waals surface area contributed by atoms with E-state index in [0.29, 0.717) is 0 Å². The van der Waals surface area contributed by atoms with Crippen molar-refractivity contribution in [3.8, 4) is 22.3 Å². The molecular weight excluding hydrogens is 640 g/mol. The fraction of sp³-hybridized carbons (Fsp3) is 0.100. The smallest absolute Gasteiger partial charge is 0.123 e. The molecule has 0 aliphatic rings. The van der Waals surface area contributed by atoms with Crippen molar-refractivity contribution in [2.75, 3.05) is 0 Å². The lowest BCUT2D eigenvalue weighted by Crippen LogP contribution is -1.96. The maximum Gasteiger partial charge on any atom is 0.123 e. The molecule has 3 aromatic rings. The van der Waals surface area contributed by atoms with Gasteiger partial charge in [-0.25, -0.2) is 4.39 Å². The lowest BCUT2D eigenvalue weighted by atomic mass is 9.98. The van der Waals surface area contributed by atoms with E-state index >= 15 is 0 Å². The first-order valence-corrected chi connectivity index (χ1v) is 10.6. The SMILES string of the molecule is Cc1ccc(-c2ccc(-c3ccc(F)cc3)c(I)c2I)c(I)c1C. The third-order valence-corrected chi connectivity index (χ3v) is 8.85. The molecule has 0 fully saturated rings. The van der Waals surface area contributed by atoms with Crippen LogP contribution in [-0.2, 0) is 0 Å². The van der Waals surface area contributed by atoms with Gasteiger partial charge in [-0.05, 0) is 127 Å². The van der Waals surface area contributed by atoms with Gasteiger partial charge in [0.1, 0.15) is 5.82 Å². The molecule has 4 heteroatoms. The molecule has 3 aromatic carbocycles. The summed E-state index contributed by atoms with van der Waals surface area (Å²) < 4.78 is 16.9. The van der Waals surface area contributed by atoms with Gasteiger partial charge >= 0.3 is 0 Å². The van der Waals surface area contributed by atoms with Crippen molar-refractivity contribution < 1.29 is 4.39 Å². The fourth-order valence-electron chi connectivity index (χ4n) is 2.60. The Morgan fingerprint density at radius 3 is 1.79 bits per heavy atom. The summed E-state index contributed by atoms with van der Waals surface area (Å²) in [6.45, 7) is 4.32. The second kappa shape index (κ2) is 7.57. The zero-order chi connectivity index (χ0) is 17.4. The summed E-state index contributed by atoms with van der Waals surface area (Å²) >= 11 is 7.25. The van der Waals surface area contributed by atoms with Crippen molar-refractivity contribution in [3.05, 3.63) is 76.2 Å². The Bertz CT molecular complexity index is 915. The van der Waals surface area contributed by atoms with Crippen LogP contribution in [0.3, 0.4) is 0 Å². The fourth-order valence-corrected chi connectivity index (χ4v) is 5.04. The van der Waals surface area contributed by atoms with E-state index in [0.717, 1.165) is 11.1 Å². The van der Waals surface area contributed by atoms with Gasteiger partial charge in [-0.2, -0.15) is 0 Å². The highest BCUT2D eigenvalue weighted by atomic mass is 127. The van der Waals surface area contributed by atoms with Crippen LogP contribution in [-0.4, -0.2) is 0 Å². The van der Waals surface area contributed by atoms with Crippen LogP contribution in [0, 0.1) is 30.4 Å². The van der Waals surface area contributed by atoms with Gasteiger partial charge in [0.25, 0.3) is 0 Å². The Morgan fingerprint density at radius 1 is 0.625 bits per heavy atom. The third-order valence-electron chi connectivity index (χ3n) is 4.18. The molecule has 0 nitrogen and oxygen atoms in total. The topological polar surface area (TPSA) is 0 Å². The first kappa shape index (κ1) is 18.6. The lowest BCUT2D eigenvalue weighted by molar-refractivity contribution is 0.628. The number of hydrogen-bond donors (Lipinski definition) is 0. The van der Waals surface area contributed by atoms with Crippen molar-refractivity contribution in [2.45, 2.75) is 13.8 Å². The van der Waals surface area contributed by atoms with Crippen LogP contribution in [0.25, 0.3) is 22.3 Å². The van der Waals surface area contributed by atoms with E-state index in [2.05, 4.69) is 106 Å². The van der Waals surface area contributed by atoms with E-state index in [4.69, 9.17) is 0 Å². The molecule has 0 amide bonds. The van der Waals surface area contributed by atoms with Gasteiger partial charge in [-0.15, -0.1) is 0 Å². The normalized spacial score (nSPS) is 10.9. The molecule has 0 radical (unpaired) electrons. The Morgan fingerprint density at radius 2 is 1.12 bits per heavy atom. The summed E-state index contributed by atoms with van der Waals surface area (Å²) in [6.07, 6.45) is 0. The molecule has 0 N–H and O–H groups in total. The minimum Gasteiger partial charge on any atom is -0.207 e. The van der Waals surface area contributed by atoms with Gasteiger partial charge in [0.05, 0.1) is 0 Å². The second-order valence-corrected chi connectivity index (χ2v) is 8.90. The molecular formula is C20H14FI3. The van der Waals surface area contributed by atoms with E-state index in [1.807, 2.05) is 12.1 Å². The van der Waals surface area contributed by atoms with E-state index in [1.165, 1.54) is 45.1 Å². The molecule has 0 saturated heterocycles. The minimum absolute atomic E-state index is 0.204. The van der Waals surface area contributed by atoms with E-state index in [9.17, 15) is 4.39 Å². The van der Waals surface area contributed by atoms with Gasteiger partial charge in [0, 0.05) is 10.7 Å². The summed E-state index contributed by atoms with van der Waals surface area (Å²) in [7, 11) is 0. The molecule has 0 bridgehead atoms. The molecule has 3 rings (SSSR count). The van der Waals surface area contributed by atoms with Crippen LogP contribution < -0.4 is 0 Å². The van der Waals surface area contributed by atoms with Gasteiger partial charge in [0.2, 0.25) is 0 Å². The van der Waals surface area contributed by atoms with Crippen LogP contribution >= 0.6 is 67.8 Å². The van der Waals surface area contributed by atoms with Gasteiger partial charge in [0.15, 0.2) is 0 Å². The van der Waals surface area contributed by atoms with Crippen molar-refractivity contribution in [3.63, 3.8) is 0 Å². The zero-order valence-corrected chi connectivity index (χ0v) is 19.6. The van der Waals surface area contributed by atoms with Crippen LogP contribution in [0.1, 0.15) is 11.1 Å². The number of halogens is 4. The number of benzene rings is 3. The molecule has 0 aliphatic carbocycles. The molecule has 0 spiro atoms. The quantitative estimate of drug-likeness (QED) is 0.250. The summed E-state index contributed by atoms with van der Waals surface area (Å²) in [5, 5.41) is 0. The van der Waals surface area contributed by atoms with E-state index < -0.39 is 0 Å². The highest BCUT2D eigenvalue weighted by Crippen LogP contribution is 2.38. The third kappa shape index (κ3) is 3.51. The average Bonchev–Trinajstić information content (AvgIpc) is 2.57. The number of hydrogen-bond acceptors (Lipinski definition) is 0. The highest BCUT2D eigenvalue weighted by molar-refractivity contribution is 14.1. The molecule has 0 saturated carbocycles. The maximum atomic E-state index is 13.2. The Hall–Kier alpha value is -0.220. The molecule has 0 aliphatic heterocycles. The van der Waals surface area contributed by atoms with Gasteiger partial charge in [-0.3, -0.25) is 0 Å². The summed E-state index contributed by atoms with van der Waals surface area (Å²) in [5.41, 5.74) is 7.35. The molecule has 0 heterocycles. The highest BCUT2D eigenvalue weighted by Gasteiger charge is 2.15. The number of rotatable bonds is 2. The summed E-state index contributed by atoms with van der Waals surface area (Å²) in [6, 6.07) is 15.4. The Balaban J connectivity index is 2.15. The second-order valence-electron chi connectivity index (χ2n) is 5.66. The monoisotopic (exact) mass is 654 g/mol. The van der Waals surface area contributed by atoms with Crippen LogP contribution in [0.15, 0.2) is 48.5 Å². The van der Waals surface area contributed by atoms with E-state index in [1.54, 1.807) is 0 Å². The molecule has 122 valence electrons. The molecule has 0 aromatic heterocycles. The van der Waals surface area contributed by atoms with Crippen molar-refractivity contribution in [1.29, 1.82) is 0 Å². The van der Waals surface area contributed by atoms with Crippen LogP contribution in [0.2, 0.25) is 0 Å². The van der Waals surface area contributed by atoms with Gasteiger partial charge in [-0.1, -0.05) is 36.4 Å².